The molecule has 2 aromatic rings. The van der Waals surface area contributed by atoms with E-state index in [1.54, 1.807) is 12.1 Å². The average molecular weight is 495 g/mol. The normalized spacial score (nSPS) is 24.7. The van der Waals surface area contributed by atoms with Crippen LogP contribution in [0, 0.1) is 29.4 Å². The van der Waals surface area contributed by atoms with Gasteiger partial charge >= 0.3 is 6.36 Å². The molecular formula is C29H35F5O. The Morgan fingerprint density at radius 2 is 1.46 bits per heavy atom. The van der Waals surface area contributed by atoms with Crippen molar-refractivity contribution in [3.05, 3.63) is 53.6 Å². The zero-order chi connectivity index (χ0) is 25.0. The van der Waals surface area contributed by atoms with Crippen LogP contribution in [0.5, 0.6) is 5.75 Å². The number of hydrogen-bond donors (Lipinski definition) is 0. The number of fused-ring (bicyclic) bond motifs is 1. The molecule has 0 bridgehead atoms. The lowest BCUT2D eigenvalue weighted by Crippen LogP contribution is -2.30. The van der Waals surface area contributed by atoms with Crippen molar-refractivity contribution in [2.75, 3.05) is 0 Å². The van der Waals surface area contributed by atoms with E-state index in [4.69, 9.17) is 0 Å². The highest BCUT2D eigenvalue weighted by Gasteiger charge is 2.36. The topological polar surface area (TPSA) is 9.23 Å². The monoisotopic (exact) mass is 494 g/mol. The summed E-state index contributed by atoms with van der Waals surface area (Å²) >= 11 is 0. The van der Waals surface area contributed by atoms with E-state index in [-0.39, 0.29) is 5.56 Å². The first-order chi connectivity index (χ1) is 16.7. The fraction of sp³-hybridized carbons (Fsp3) is 0.586. The van der Waals surface area contributed by atoms with E-state index in [1.807, 2.05) is 12.1 Å². The van der Waals surface area contributed by atoms with Crippen LogP contribution >= 0.6 is 0 Å². The minimum absolute atomic E-state index is 0.182. The second-order valence-electron chi connectivity index (χ2n) is 10.5. The Balaban J connectivity index is 1.36. The molecule has 1 nitrogen and oxygen atoms in total. The summed E-state index contributed by atoms with van der Waals surface area (Å²) in [4.78, 5) is 0. The molecule has 0 aromatic heterocycles. The summed E-state index contributed by atoms with van der Waals surface area (Å²) in [6, 6.07) is 9.35. The standard InChI is InChI=1S/C29H35F5O/c1-2-3-4-5-6-19-7-8-24-16-23(14-13-22(24)15-19)20-9-11-21(12-10-20)25-17-26(30)28(27(31)18-25)35-29(32,33)34/h9-12,17-19,22-24H,2-8,13-16H2,1H3/t19?,22-,23-,24-/m1/s1. The van der Waals surface area contributed by atoms with Gasteiger partial charge in [-0.2, -0.15) is 0 Å². The summed E-state index contributed by atoms with van der Waals surface area (Å²) in [5, 5.41) is 0. The number of ether oxygens (including phenoxy) is 1. The van der Waals surface area contributed by atoms with Crippen molar-refractivity contribution in [3.8, 4) is 16.9 Å². The Morgan fingerprint density at radius 3 is 2.11 bits per heavy atom. The first-order valence-corrected chi connectivity index (χ1v) is 13.1. The van der Waals surface area contributed by atoms with Gasteiger partial charge in [0.25, 0.3) is 0 Å². The Hall–Kier alpha value is -2.11. The van der Waals surface area contributed by atoms with Crippen molar-refractivity contribution in [1.82, 2.24) is 0 Å². The summed E-state index contributed by atoms with van der Waals surface area (Å²) in [6.45, 7) is 2.26. The summed E-state index contributed by atoms with van der Waals surface area (Å²) < 4.78 is 68.9. The number of rotatable bonds is 8. The second kappa shape index (κ2) is 11.3. The van der Waals surface area contributed by atoms with Gasteiger partial charge in [-0.3, -0.25) is 0 Å². The van der Waals surface area contributed by atoms with Crippen LogP contribution in [0.1, 0.15) is 89.0 Å². The van der Waals surface area contributed by atoms with E-state index < -0.39 is 23.7 Å². The number of alkyl halides is 3. The minimum atomic E-state index is -5.16. The SMILES string of the molecule is CCCCCCC1CC[C@@H]2C[C@H](c3ccc(-c4cc(F)c(OC(F)(F)F)c(F)c4)cc3)CC[C@@H]2C1. The molecule has 6 heteroatoms. The summed E-state index contributed by atoms with van der Waals surface area (Å²) in [7, 11) is 0. The second-order valence-corrected chi connectivity index (χ2v) is 10.5. The smallest absolute Gasteiger partial charge is 0.399 e. The quantitative estimate of drug-likeness (QED) is 0.262. The Bertz CT molecular complexity index is 945. The third-order valence-electron chi connectivity index (χ3n) is 8.12. The van der Waals surface area contributed by atoms with E-state index in [0.29, 0.717) is 11.5 Å². The van der Waals surface area contributed by atoms with E-state index in [9.17, 15) is 22.0 Å². The first kappa shape index (κ1) is 26.0. The molecule has 0 aliphatic heterocycles. The Kier molecular flexibility index (Phi) is 8.38. The molecule has 0 radical (unpaired) electrons. The van der Waals surface area contributed by atoms with Gasteiger partial charge in [0.1, 0.15) is 0 Å². The molecule has 2 aliphatic rings. The van der Waals surface area contributed by atoms with Gasteiger partial charge in [-0.25, -0.2) is 8.78 Å². The highest BCUT2D eigenvalue weighted by Crippen LogP contribution is 2.48. The lowest BCUT2D eigenvalue weighted by atomic mass is 9.63. The summed E-state index contributed by atoms with van der Waals surface area (Å²) in [5.41, 5.74) is 1.97. The van der Waals surface area contributed by atoms with E-state index >= 15 is 0 Å². The molecule has 4 rings (SSSR count). The third kappa shape index (κ3) is 6.77. The van der Waals surface area contributed by atoms with Crippen molar-refractivity contribution in [1.29, 1.82) is 0 Å². The van der Waals surface area contributed by atoms with E-state index in [0.717, 1.165) is 36.3 Å². The van der Waals surface area contributed by atoms with Crippen molar-refractivity contribution < 1.29 is 26.7 Å². The van der Waals surface area contributed by atoms with Crippen LogP contribution < -0.4 is 4.74 Å². The zero-order valence-corrected chi connectivity index (χ0v) is 20.3. The summed E-state index contributed by atoms with van der Waals surface area (Å²) in [5.74, 6) is -1.16. The van der Waals surface area contributed by atoms with E-state index in [1.165, 1.54) is 69.8 Å². The van der Waals surface area contributed by atoms with Crippen LogP contribution in [0.15, 0.2) is 36.4 Å². The number of halogens is 5. The molecule has 0 amide bonds. The van der Waals surface area contributed by atoms with Gasteiger partial charge in [0.15, 0.2) is 11.6 Å². The molecular weight excluding hydrogens is 459 g/mol. The number of hydrogen-bond acceptors (Lipinski definition) is 1. The van der Waals surface area contributed by atoms with Crippen LogP contribution in [-0.2, 0) is 0 Å². The Labute approximate surface area is 205 Å². The van der Waals surface area contributed by atoms with Crippen molar-refractivity contribution in [3.63, 3.8) is 0 Å². The van der Waals surface area contributed by atoms with Crippen LogP contribution in [-0.4, -0.2) is 6.36 Å². The fourth-order valence-electron chi connectivity index (χ4n) is 6.30. The maximum Gasteiger partial charge on any atom is 0.573 e. The van der Waals surface area contributed by atoms with Crippen molar-refractivity contribution in [2.24, 2.45) is 17.8 Å². The molecule has 0 heterocycles. The largest absolute Gasteiger partial charge is 0.573 e. The highest BCUT2D eigenvalue weighted by atomic mass is 19.4. The van der Waals surface area contributed by atoms with Crippen LogP contribution in [0.3, 0.4) is 0 Å². The van der Waals surface area contributed by atoms with Gasteiger partial charge in [0, 0.05) is 0 Å². The molecule has 2 aliphatic carbocycles. The van der Waals surface area contributed by atoms with Gasteiger partial charge in [0.2, 0.25) is 5.75 Å². The molecule has 2 saturated carbocycles. The lowest BCUT2D eigenvalue weighted by Gasteiger charge is -2.42. The predicted molar refractivity (Wildman–Crippen MR) is 128 cm³/mol. The van der Waals surface area contributed by atoms with Crippen molar-refractivity contribution >= 4 is 0 Å². The van der Waals surface area contributed by atoms with Gasteiger partial charge in [-0.05, 0) is 84.6 Å². The van der Waals surface area contributed by atoms with Crippen molar-refractivity contribution in [2.45, 2.75) is 89.8 Å². The molecule has 0 saturated heterocycles. The molecule has 192 valence electrons. The minimum Gasteiger partial charge on any atom is -0.399 e. The van der Waals surface area contributed by atoms with Crippen LogP contribution in [0.25, 0.3) is 11.1 Å². The predicted octanol–water partition coefficient (Wildman–Crippen LogP) is 9.80. The first-order valence-electron chi connectivity index (χ1n) is 13.1. The molecule has 0 N–H and O–H groups in total. The molecule has 2 aromatic carbocycles. The molecule has 2 fully saturated rings. The van der Waals surface area contributed by atoms with Gasteiger partial charge < -0.3 is 4.74 Å². The number of benzene rings is 2. The maximum absolute atomic E-state index is 14.1. The lowest BCUT2D eigenvalue weighted by molar-refractivity contribution is -0.276. The van der Waals surface area contributed by atoms with Crippen LogP contribution in [0.4, 0.5) is 22.0 Å². The average Bonchev–Trinajstić information content (AvgIpc) is 2.83. The molecule has 35 heavy (non-hydrogen) atoms. The summed E-state index contributed by atoms with van der Waals surface area (Å²) in [6.07, 6.45) is 9.28. The van der Waals surface area contributed by atoms with E-state index in [2.05, 4.69) is 11.7 Å². The fourth-order valence-corrected chi connectivity index (χ4v) is 6.30. The number of unbranched alkanes of at least 4 members (excludes halogenated alkanes) is 3. The zero-order valence-electron chi connectivity index (χ0n) is 20.3. The van der Waals surface area contributed by atoms with Gasteiger partial charge in [0.05, 0.1) is 0 Å². The van der Waals surface area contributed by atoms with Gasteiger partial charge in [-0.15, -0.1) is 13.2 Å². The molecule has 1 unspecified atom stereocenters. The molecule has 0 spiro atoms. The van der Waals surface area contributed by atoms with Crippen LogP contribution in [0.2, 0.25) is 0 Å². The highest BCUT2D eigenvalue weighted by molar-refractivity contribution is 5.65. The third-order valence-corrected chi connectivity index (χ3v) is 8.12. The Morgan fingerprint density at radius 1 is 0.800 bits per heavy atom. The molecule has 4 atom stereocenters. The van der Waals surface area contributed by atoms with Gasteiger partial charge in [-0.1, -0.05) is 69.7 Å². The maximum atomic E-state index is 14.1.